The molecule has 0 fully saturated rings. The molecule has 0 bridgehead atoms. The zero-order valence-electron chi connectivity index (χ0n) is 17.8. The Hall–Kier alpha value is -3.69. The second-order valence-electron chi connectivity index (χ2n) is 7.45. The second kappa shape index (κ2) is 8.92. The molecule has 2 aromatic heterocycles. The molecule has 0 saturated carbocycles. The van der Waals surface area contributed by atoms with Gasteiger partial charge in [-0.2, -0.15) is 0 Å². The number of imidazole rings is 1. The minimum Gasteiger partial charge on any atom is -0.493 e. The Kier molecular flexibility index (Phi) is 5.80. The van der Waals surface area contributed by atoms with Gasteiger partial charge in [0, 0.05) is 4.47 Å². The van der Waals surface area contributed by atoms with Gasteiger partial charge < -0.3 is 14.6 Å². The summed E-state index contributed by atoms with van der Waals surface area (Å²) in [4.78, 5) is 29.3. The Morgan fingerprint density at radius 2 is 1.91 bits per heavy atom. The smallest absolute Gasteiger partial charge is 0.335 e. The van der Waals surface area contributed by atoms with Crippen molar-refractivity contribution < 1.29 is 19.4 Å². The van der Waals surface area contributed by atoms with Gasteiger partial charge in [0.1, 0.15) is 6.61 Å². The first-order chi connectivity index (χ1) is 16.4. The number of rotatable bonds is 6. The molecule has 5 rings (SSSR count). The van der Waals surface area contributed by atoms with Crippen molar-refractivity contribution in [2.45, 2.75) is 6.61 Å². The largest absolute Gasteiger partial charge is 0.493 e. The number of para-hydroxylation sites is 2. The van der Waals surface area contributed by atoms with Crippen LogP contribution in [0, 0.1) is 0 Å². The van der Waals surface area contributed by atoms with Gasteiger partial charge in [0.25, 0.3) is 5.56 Å². The topological polar surface area (TPSA) is 90.1 Å². The number of benzene rings is 3. The fourth-order valence-electron chi connectivity index (χ4n) is 3.59. The van der Waals surface area contributed by atoms with E-state index < -0.39 is 5.97 Å². The molecule has 9 heteroatoms. The summed E-state index contributed by atoms with van der Waals surface area (Å²) in [6.45, 7) is 0.242. The average molecular weight is 537 g/mol. The Morgan fingerprint density at radius 3 is 2.65 bits per heavy atom. The van der Waals surface area contributed by atoms with Crippen molar-refractivity contribution in [3.05, 3.63) is 96.7 Å². The van der Waals surface area contributed by atoms with Gasteiger partial charge in [-0.3, -0.25) is 4.79 Å². The highest BCUT2D eigenvalue weighted by Crippen LogP contribution is 2.34. The van der Waals surface area contributed by atoms with Crippen LogP contribution in [0.5, 0.6) is 11.5 Å². The normalized spacial score (nSPS) is 11.9. The van der Waals surface area contributed by atoms with Gasteiger partial charge >= 0.3 is 5.97 Å². The molecular formula is C25H17BrN2O5S. The first kappa shape index (κ1) is 22.1. The van der Waals surface area contributed by atoms with Crippen LogP contribution in [0.3, 0.4) is 0 Å². The SMILES string of the molecule is COc1cc(/C=c2\sc3nc4ccccc4n3c2=O)c(Br)cc1OCc1ccc(C(=O)O)cc1. The molecule has 1 N–H and O–H groups in total. The average Bonchev–Trinajstić information content (AvgIpc) is 3.35. The highest BCUT2D eigenvalue weighted by atomic mass is 79.9. The fraction of sp³-hybridized carbons (Fsp3) is 0.0800. The molecule has 0 aliphatic heterocycles. The van der Waals surface area contributed by atoms with Crippen LogP contribution in [0.2, 0.25) is 0 Å². The number of fused-ring (bicyclic) bond motifs is 3. The molecule has 7 nitrogen and oxygen atoms in total. The van der Waals surface area contributed by atoms with Crippen molar-refractivity contribution >= 4 is 55.3 Å². The summed E-state index contributed by atoms with van der Waals surface area (Å²) >= 11 is 4.90. The van der Waals surface area contributed by atoms with Crippen LogP contribution in [0.1, 0.15) is 21.5 Å². The maximum absolute atomic E-state index is 13.1. The number of aromatic carboxylic acids is 1. The number of halogens is 1. The fourth-order valence-corrected chi connectivity index (χ4v) is 5.01. The Labute approximate surface area is 205 Å². The molecule has 0 aliphatic carbocycles. The molecule has 3 aromatic carbocycles. The van der Waals surface area contributed by atoms with Crippen LogP contribution in [0.25, 0.3) is 22.1 Å². The molecule has 0 amide bonds. The van der Waals surface area contributed by atoms with Crippen LogP contribution >= 0.6 is 27.3 Å². The van der Waals surface area contributed by atoms with Crippen molar-refractivity contribution in [1.82, 2.24) is 9.38 Å². The standard InChI is InChI=1S/C25H17BrN2O5S/c1-32-20-10-16(11-22-23(29)28-19-5-3-2-4-18(19)27-25(28)34-22)17(26)12-21(20)33-13-14-6-8-15(9-7-14)24(30)31/h2-12H,13H2,1H3,(H,30,31)/b22-11-. The number of hydrogen-bond donors (Lipinski definition) is 1. The lowest BCUT2D eigenvalue weighted by molar-refractivity contribution is 0.0697. The highest BCUT2D eigenvalue weighted by Gasteiger charge is 2.13. The first-order valence-corrected chi connectivity index (χ1v) is 11.8. The zero-order chi connectivity index (χ0) is 23.8. The second-order valence-corrected chi connectivity index (χ2v) is 9.31. The Bertz CT molecular complexity index is 1660. The summed E-state index contributed by atoms with van der Waals surface area (Å²) in [7, 11) is 1.55. The number of hydrogen-bond acceptors (Lipinski definition) is 6. The summed E-state index contributed by atoms with van der Waals surface area (Å²) in [5, 5.41) is 9.03. The minimum absolute atomic E-state index is 0.121. The first-order valence-electron chi connectivity index (χ1n) is 10.2. The van der Waals surface area contributed by atoms with E-state index in [0.717, 1.165) is 26.6 Å². The number of thiazole rings is 1. The molecule has 0 aliphatic rings. The van der Waals surface area contributed by atoms with E-state index in [2.05, 4.69) is 20.9 Å². The predicted octanol–water partition coefficient (Wildman–Crippen LogP) is 4.51. The monoisotopic (exact) mass is 536 g/mol. The number of ether oxygens (including phenoxy) is 2. The quantitative estimate of drug-likeness (QED) is 0.343. The third-order valence-corrected chi connectivity index (χ3v) is 6.97. The van der Waals surface area contributed by atoms with Crippen LogP contribution in [-0.4, -0.2) is 27.6 Å². The lowest BCUT2D eigenvalue weighted by Crippen LogP contribution is -2.22. The molecule has 34 heavy (non-hydrogen) atoms. The van der Waals surface area contributed by atoms with Gasteiger partial charge in [0.05, 0.1) is 28.2 Å². The maximum Gasteiger partial charge on any atom is 0.335 e. The molecule has 5 aromatic rings. The van der Waals surface area contributed by atoms with Crippen molar-refractivity contribution in [3.8, 4) is 11.5 Å². The van der Waals surface area contributed by atoms with Gasteiger partial charge in [0.15, 0.2) is 16.5 Å². The van der Waals surface area contributed by atoms with Crippen molar-refractivity contribution in [3.63, 3.8) is 0 Å². The van der Waals surface area contributed by atoms with Gasteiger partial charge in [0.2, 0.25) is 0 Å². The van der Waals surface area contributed by atoms with E-state index in [-0.39, 0.29) is 17.7 Å². The summed E-state index contributed by atoms with van der Waals surface area (Å²) in [5.41, 5.74) is 3.26. The summed E-state index contributed by atoms with van der Waals surface area (Å²) < 4.78 is 14.4. The van der Waals surface area contributed by atoms with Crippen molar-refractivity contribution in [2.24, 2.45) is 0 Å². The van der Waals surface area contributed by atoms with Crippen LogP contribution in [0.4, 0.5) is 0 Å². The third-order valence-electron chi connectivity index (χ3n) is 5.31. The van der Waals surface area contributed by atoms with Crippen LogP contribution in [-0.2, 0) is 6.61 Å². The number of carbonyl (C=O) groups is 1. The third kappa shape index (κ3) is 4.04. The molecule has 0 unspecified atom stereocenters. The van der Waals surface area contributed by atoms with Gasteiger partial charge in [-0.1, -0.05) is 51.5 Å². The maximum atomic E-state index is 13.1. The van der Waals surface area contributed by atoms with Crippen molar-refractivity contribution in [2.75, 3.05) is 7.11 Å². The van der Waals surface area contributed by atoms with E-state index in [4.69, 9.17) is 14.6 Å². The van der Waals surface area contributed by atoms with E-state index in [1.54, 1.807) is 41.9 Å². The number of carboxylic acid groups (broad SMARTS) is 1. The van der Waals surface area contributed by atoms with E-state index in [1.165, 1.54) is 23.5 Å². The van der Waals surface area contributed by atoms with E-state index in [9.17, 15) is 9.59 Å². The molecule has 2 heterocycles. The Balaban J connectivity index is 1.46. The minimum atomic E-state index is -0.974. The Morgan fingerprint density at radius 1 is 1.15 bits per heavy atom. The lowest BCUT2D eigenvalue weighted by Gasteiger charge is -2.13. The van der Waals surface area contributed by atoms with Crippen LogP contribution < -0.4 is 19.6 Å². The summed E-state index contributed by atoms with van der Waals surface area (Å²) in [6, 6.07) is 17.6. The van der Waals surface area contributed by atoms with E-state index >= 15 is 0 Å². The molecule has 0 radical (unpaired) electrons. The molecule has 0 saturated heterocycles. The number of aromatic nitrogens is 2. The highest BCUT2D eigenvalue weighted by molar-refractivity contribution is 9.10. The number of methoxy groups -OCH3 is 1. The van der Waals surface area contributed by atoms with E-state index in [0.29, 0.717) is 21.0 Å². The molecule has 0 atom stereocenters. The van der Waals surface area contributed by atoms with Gasteiger partial charge in [-0.05, 0) is 53.6 Å². The van der Waals surface area contributed by atoms with Crippen LogP contribution in [0.15, 0.2) is 69.9 Å². The number of carboxylic acids is 1. The van der Waals surface area contributed by atoms with Gasteiger partial charge in [-0.25, -0.2) is 14.2 Å². The number of nitrogens with zero attached hydrogens (tertiary/aromatic N) is 2. The molecule has 170 valence electrons. The molecular weight excluding hydrogens is 520 g/mol. The predicted molar refractivity (Wildman–Crippen MR) is 134 cm³/mol. The molecule has 0 spiro atoms. The van der Waals surface area contributed by atoms with E-state index in [1.807, 2.05) is 24.3 Å². The zero-order valence-corrected chi connectivity index (χ0v) is 20.2. The lowest BCUT2D eigenvalue weighted by atomic mass is 10.1. The summed E-state index contributed by atoms with van der Waals surface area (Å²) in [5.74, 6) is 0.0531. The van der Waals surface area contributed by atoms with Gasteiger partial charge in [-0.15, -0.1) is 0 Å². The van der Waals surface area contributed by atoms with Crippen molar-refractivity contribution in [1.29, 1.82) is 0 Å². The summed E-state index contributed by atoms with van der Waals surface area (Å²) in [6.07, 6.45) is 1.80.